The Kier molecular flexibility index (Phi) is 8.67. The zero-order valence-electron chi connectivity index (χ0n) is 24.8. The van der Waals surface area contributed by atoms with Crippen LogP contribution in [0, 0.1) is 27.7 Å². The Morgan fingerprint density at radius 3 is 2.40 bits per heavy atom. The number of aryl methyl sites for hydroxylation is 4. The van der Waals surface area contributed by atoms with E-state index < -0.39 is 5.97 Å². The topological polar surface area (TPSA) is 93.4 Å². The lowest BCUT2D eigenvalue weighted by Gasteiger charge is -2.14. The Balaban J connectivity index is 1.48. The highest BCUT2D eigenvalue weighted by Crippen LogP contribution is 2.45. The third-order valence-electron chi connectivity index (χ3n) is 7.96. The van der Waals surface area contributed by atoms with Gasteiger partial charge in [-0.25, -0.2) is 4.79 Å². The number of rotatable bonds is 9. The first-order chi connectivity index (χ1) is 20.5. The van der Waals surface area contributed by atoms with Crippen molar-refractivity contribution in [1.29, 1.82) is 0 Å². The second-order valence-electron chi connectivity index (χ2n) is 10.9. The van der Waals surface area contributed by atoms with Crippen LogP contribution in [0.2, 0.25) is 10.0 Å². The predicted molar refractivity (Wildman–Crippen MR) is 171 cm³/mol. The highest BCUT2D eigenvalue weighted by atomic mass is 35.5. The first-order valence-corrected chi connectivity index (χ1v) is 14.8. The van der Waals surface area contributed by atoms with Crippen molar-refractivity contribution >= 4 is 46.3 Å². The van der Waals surface area contributed by atoms with Crippen LogP contribution in [0.25, 0.3) is 16.7 Å². The van der Waals surface area contributed by atoms with E-state index in [-0.39, 0.29) is 11.5 Å². The Morgan fingerprint density at radius 1 is 1.02 bits per heavy atom. The average molecular weight is 619 g/mol. The minimum absolute atomic E-state index is 0.100. The molecule has 0 bridgehead atoms. The lowest BCUT2D eigenvalue weighted by Crippen LogP contribution is -2.16. The number of hydrogen-bond donors (Lipinski definition) is 2. The molecule has 1 heterocycles. The van der Waals surface area contributed by atoms with E-state index in [1.807, 2.05) is 63.7 Å². The van der Waals surface area contributed by atoms with Gasteiger partial charge in [0.1, 0.15) is 5.75 Å². The van der Waals surface area contributed by atoms with Crippen molar-refractivity contribution in [2.75, 3.05) is 11.9 Å². The van der Waals surface area contributed by atoms with E-state index in [1.54, 1.807) is 12.1 Å². The van der Waals surface area contributed by atoms with E-state index in [4.69, 9.17) is 27.9 Å². The normalized spacial score (nSPS) is 12.4. The number of amides is 1. The number of carboxylic acid groups (broad SMARTS) is 1. The van der Waals surface area contributed by atoms with Gasteiger partial charge in [0.25, 0.3) is 5.91 Å². The molecule has 43 heavy (non-hydrogen) atoms. The minimum atomic E-state index is -1.06. The van der Waals surface area contributed by atoms with Gasteiger partial charge in [-0.2, -0.15) is 5.10 Å². The molecule has 0 atom stereocenters. The van der Waals surface area contributed by atoms with Gasteiger partial charge < -0.3 is 15.2 Å². The molecule has 1 aliphatic rings. The van der Waals surface area contributed by atoms with Crippen LogP contribution >= 0.6 is 23.2 Å². The molecule has 3 aromatic carbocycles. The Bertz CT molecular complexity index is 1780. The molecule has 4 aromatic rings. The van der Waals surface area contributed by atoms with Crippen LogP contribution in [0.5, 0.6) is 5.75 Å². The number of hydrogen-bond acceptors (Lipinski definition) is 4. The number of nitrogens with zero attached hydrogens (tertiary/aromatic N) is 2. The molecule has 0 saturated carbocycles. The maximum absolute atomic E-state index is 13.8. The monoisotopic (exact) mass is 617 g/mol. The maximum Gasteiger partial charge on any atom is 0.335 e. The molecule has 1 amide bonds. The summed E-state index contributed by atoms with van der Waals surface area (Å²) in [5, 5.41) is 18.3. The number of carboxylic acids is 1. The fraction of sp³-hybridized carbons (Fsp3) is 0.265. The summed E-state index contributed by atoms with van der Waals surface area (Å²) in [4.78, 5) is 25.3. The number of aromatic carboxylic acids is 1. The van der Waals surface area contributed by atoms with E-state index in [0.717, 1.165) is 61.1 Å². The molecule has 2 N–H and O–H groups in total. The molecule has 1 aliphatic carbocycles. The molecule has 1 aromatic heterocycles. The van der Waals surface area contributed by atoms with Crippen LogP contribution in [0.1, 0.15) is 56.8 Å². The highest BCUT2D eigenvalue weighted by Gasteiger charge is 2.31. The fourth-order valence-corrected chi connectivity index (χ4v) is 6.19. The van der Waals surface area contributed by atoms with Crippen molar-refractivity contribution in [2.45, 2.75) is 47.0 Å². The van der Waals surface area contributed by atoms with Crippen molar-refractivity contribution < 1.29 is 19.4 Å². The Labute approximate surface area is 261 Å². The summed E-state index contributed by atoms with van der Waals surface area (Å²) >= 11 is 13.2. The van der Waals surface area contributed by atoms with Gasteiger partial charge in [-0.05, 0) is 105 Å². The van der Waals surface area contributed by atoms with Gasteiger partial charge in [-0.3, -0.25) is 9.48 Å². The Morgan fingerprint density at radius 2 is 1.74 bits per heavy atom. The van der Waals surface area contributed by atoms with Gasteiger partial charge >= 0.3 is 5.97 Å². The van der Waals surface area contributed by atoms with Gasteiger partial charge in [0.15, 0.2) is 0 Å². The number of fused-ring (bicyclic) bond motifs is 1. The molecule has 0 fully saturated rings. The predicted octanol–water partition coefficient (Wildman–Crippen LogP) is 8.13. The second-order valence-corrected chi connectivity index (χ2v) is 11.7. The quantitative estimate of drug-likeness (QED) is 0.185. The highest BCUT2D eigenvalue weighted by molar-refractivity contribution is 6.34. The smallest absolute Gasteiger partial charge is 0.335 e. The van der Waals surface area contributed by atoms with Crippen molar-refractivity contribution in [3.05, 3.63) is 103 Å². The van der Waals surface area contributed by atoms with Crippen LogP contribution in [0.15, 0.2) is 54.1 Å². The maximum atomic E-state index is 13.8. The zero-order valence-corrected chi connectivity index (χ0v) is 26.3. The van der Waals surface area contributed by atoms with Crippen molar-refractivity contribution in [2.24, 2.45) is 7.05 Å². The molecule has 0 unspecified atom stereocenters. The molecule has 0 saturated heterocycles. The minimum Gasteiger partial charge on any atom is -0.494 e. The zero-order chi connectivity index (χ0) is 31.0. The number of carbonyl (C=O) groups is 2. The van der Waals surface area contributed by atoms with Gasteiger partial charge in [-0.15, -0.1) is 0 Å². The van der Waals surface area contributed by atoms with Crippen LogP contribution < -0.4 is 10.1 Å². The van der Waals surface area contributed by atoms with E-state index >= 15 is 0 Å². The summed E-state index contributed by atoms with van der Waals surface area (Å²) in [5.74, 6) is -0.578. The molecule has 9 heteroatoms. The third-order valence-corrected chi connectivity index (χ3v) is 8.87. The van der Waals surface area contributed by atoms with E-state index in [9.17, 15) is 14.7 Å². The van der Waals surface area contributed by atoms with Crippen LogP contribution in [0.3, 0.4) is 0 Å². The molecular formula is C34H33Cl2N3O4. The summed E-state index contributed by atoms with van der Waals surface area (Å²) in [6, 6.07) is 14.0. The lowest BCUT2D eigenvalue weighted by molar-refractivity contribution is -0.112. The second kappa shape index (κ2) is 12.3. The average Bonchev–Trinajstić information content (AvgIpc) is 3.45. The van der Waals surface area contributed by atoms with E-state index in [1.165, 1.54) is 12.1 Å². The number of halogens is 2. The van der Waals surface area contributed by atoms with Gasteiger partial charge in [0, 0.05) is 51.6 Å². The molecule has 0 spiro atoms. The number of ether oxygens (including phenoxy) is 1. The van der Waals surface area contributed by atoms with E-state index in [2.05, 4.69) is 10.4 Å². The number of nitrogens with one attached hydrogen (secondary N) is 1. The summed E-state index contributed by atoms with van der Waals surface area (Å²) < 4.78 is 7.91. The van der Waals surface area contributed by atoms with Gasteiger partial charge in [-0.1, -0.05) is 35.3 Å². The number of anilines is 1. The largest absolute Gasteiger partial charge is 0.494 e. The van der Waals surface area contributed by atoms with Crippen LogP contribution in [0.4, 0.5) is 5.69 Å². The number of benzene rings is 3. The molecule has 7 nitrogen and oxygen atoms in total. The number of aromatic nitrogens is 2. The number of carbonyl (C=O) groups excluding carboxylic acids is 1. The first kappa shape index (κ1) is 30.4. The third kappa shape index (κ3) is 6.05. The van der Waals surface area contributed by atoms with Crippen LogP contribution in [-0.2, 0) is 18.3 Å². The summed E-state index contributed by atoms with van der Waals surface area (Å²) in [6.07, 6.45) is 1.65. The SMILES string of the molecule is Cc1cc(OCCCC2=C(C(=O)Nc3cccc(C(=O)O)c3)Cc3c2ccc(Cl)c3-c2c(C)nn(C)c2C)cc(C)c1Cl. The lowest BCUT2D eigenvalue weighted by atomic mass is 9.93. The fourth-order valence-electron chi connectivity index (χ4n) is 5.81. The van der Waals surface area contributed by atoms with Crippen molar-refractivity contribution in [1.82, 2.24) is 9.78 Å². The molecule has 0 aliphatic heterocycles. The van der Waals surface area contributed by atoms with Crippen molar-refractivity contribution in [3.63, 3.8) is 0 Å². The molecule has 222 valence electrons. The molecular weight excluding hydrogens is 585 g/mol. The number of allylic oxidation sites excluding steroid dienone is 1. The first-order valence-electron chi connectivity index (χ1n) is 14.0. The molecule has 5 rings (SSSR count). The van der Waals surface area contributed by atoms with Gasteiger partial charge in [0.05, 0.1) is 17.9 Å². The van der Waals surface area contributed by atoms with Gasteiger partial charge in [0.2, 0.25) is 0 Å². The summed E-state index contributed by atoms with van der Waals surface area (Å²) in [7, 11) is 1.90. The summed E-state index contributed by atoms with van der Waals surface area (Å²) in [6.45, 7) is 8.33. The van der Waals surface area contributed by atoms with E-state index in [0.29, 0.717) is 42.2 Å². The standard InChI is InChI=1S/C34H33Cl2N3O4/c1-18-14-24(15-19(2)32(18)36)43-13-7-10-25-26-11-12-29(35)31(30-20(3)38-39(5)21(30)4)27(26)17-28(25)33(40)37-23-9-6-8-22(16-23)34(41)42/h6,8-9,11-12,14-16H,7,10,13,17H2,1-5H3,(H,37,40)(H,41,42). The Hall–Kier alpha value is -4.07. The van der Waals surface area contributed by atoms with Crippen molar-refractivity contribution in [3.8, 4) is 16.9 Å². The molecule has 0 radical (unpaired) electrons. The van der Waals surface area contributed by atoms with Crippen LogP contribution in [-0.4, -0.2) is 33.4 Å². The summed E-state index contributed by atoms with van der Waals surface area (Å²) in [5.41, 5.74) is 9.64.